The molecule has 2 rings (SSSR count). The van der Waals surface area contributed by atoms with Gasteiger partial charge in [0.2, 0.25) is 0 Å². The fourth-order valence-electron chi connectivity index (χ4n) is 1.77. The molecule has 1 amide bonds. The van der Waals surface area contributed by atoms with Gasteiger partial charge in [0.1, 0.15) is 6.04 Å². The number of aromatic nitrogens is 1. The van der Waals surface area contributed by atoms with Crippen LogP contribution in [0.3, 0.4) is 0 Å². The average Bonchev–Trinajstić information content (AvgIpc) is 2.48. The molecule has 21 heavy (non-hydrogen) atoms. The Morgan fingerprint density at radius 2 is 2.19 bits per heavy atom. The number of hydrogen-bond acceptors (Lipinski definition) is 4. The van der Waals surface area contributed by atoms with Crippen molar-refractivity contribution in [3.05, 3.63) is 59.9 Å². The third-order valence-corrected chi connectivity index (χ3v) is 2.87. The molecule has 0 fully saturated rings. The van der Waals surface area contributed by atoms with Gasteiger partial charge in [-0.1, -0.05) is 18.2 Å². The Balaban J connectivity index is 1.87. The number of anilines is 1. The van der Waals surface area contributed by atoms with E-state index in [-0.39, 0.29) is 11.9 Å². The number of amides is 1. The van der Waals surface area contributed by atoms with Gasteiger partial charge >= 0.3 is 0 Å². The van der Waals surface area contributed by atoms with E-state index in [1.165, 1.54) is 0 Å². The number of hydrazone groups is 1. The highest BCUT2D eigenvalue weighted by molar-refractivity contribution is 5.86. The number of carbonyl (C=O) groups excluding carboxylic acids is 1. The van der Waals surface area contributed by atoms with E-state index in [9.17, 15) is 4.79 Å². The first-order chi connectivity index (χ1) is 10.1. The highest BCUT2D eigenvalue weighted by Gasteiger charge is 2.11. The van der Waals surface area contributed by atoms with Crippen LogP contribution in [0.5, 0.6) is 0 Å². The molecule has 5 nitrogen and oxygen atoms in total. The van der Waals surface area contributed by atoms with Gasteiger partial charge in [0, 0.05) is 23.6 Å². The number of benzene rings is 1. The van der Waals surface area contributed by atoms with E-state index >= 15 is 0 Å². The molecule has 2 aromatic rings. The van der Waals surface area contributed by atoms with Gasteiger partial charge < -0.3 is 5.32 Å². The number of nitrogens with zero attached hydrogens (tertiary/aromatic N) is 2. The summed E-state index contributed by atoms with van der Waals surface area (Å²) >= 11 is 0. The Morgan fingerprint density at radius 1 is 1.33 bits per heavy atom. The third-order valence-electron chi connectivity index (χ3n) is 2.87. The number of pyridine rings is 1. The second-order valence-electron chi connectivity index (χ2n) is 4.76. The molecule has 1 aromatic carbocycles. The SMILES string of the molecule is Cc1cccc(NC(C)C(=O)N/N=C/c2cccnc2)c1. The maximum Gasteiger partial charge on any atom is 0.262 e. The zero-order chi connectivity index (χ0) is 15.1. The molecule has 0 saturated heterocycles. The molecule has 1 unspecified atom stereocenters. The average molecular weight is 282 g/mol. The topological polar surface area (TPSA) is 66.4 Å². The summed E-state index contributed by atoms with van der Waals surface area (Å²) in [6.45, 7) is 3.80. The summed E-state index contributed by atoms with van der Waals surface area (Å²) in [4.78, 5) is 15.9. The smallest absolute Gasteiger partial charge is 0.262 e. The molecule has 0 aliphatic carbocycles. The Labute approximate surface area is 124 Å². The first-order valence-electron chi connectivity index (χ1n) is 6.71. The Bertz CT molecular complexity index is 625. The molecule has 5 heteroatoms. The van der Waals surface area contributed by atoms with Gasteiger partial charge in [-0.25, -0.2) is 5.43 Å². The summed E-state index contributed by atoms with van der Waals surface area (Å²) in [5.74, 6) is -0.198. The predicted octanol–water partition coefficient (Wildman–Crippen LogP) is 2.34. The lowest BCUT2D eigenvalue weighted by Crippen LogP contribution is -2.34. The summed E-state index contributed by atoms with van der Waals surface area (Å²) in [5.41, 5.74) is 5.39. The lowest BCUT2D eigenvalue weighted by Gasteiger charge is -2.13. The van der Waals surface area contributed by atoms with Crippen molar-refractivity contribution < 1.29 is 4.79 Å². The third kappa shape index (κ3) is 4.72. The highest BCUT2D eigenvalue weighted by Crippen LogP contribution is 2.10. The van der Waals surface area contributed by atoms with Gasteiger partial charge in [-0.05, 0) is 37.6 Å². The summed E-state index contributed by atoms with van der Waals surface area (Å²) in [7, 11) is 0. The van der Waals surface area contributed by atoms with Crippen LogP contribution in [-0.4, -0.2) is 23.1 Å². The predicted molar refractivity (Wildman–Crippen MR) is 84.2 cm³/mol. The lowest BCUT2D eigenvalue weighted by molar-refractivity contribution is -0.121. The molecule has 1 atom stereocenters. The van der Waals surface area contributed by atoms with Crippen LogP contribution < -0.4 is 10.7 Å². The van der Waals surface area contributed by atoms with Crippen LogP contribution in [0.25, 0.3) is 0 Å². The minimum Gasteiger partial charge on any atom is -0.374 e. The number of carbonyl (C=O) groups is 1. The maximum absolute atomic E-state index is 11.9. The molecule has 0 aliphatic rings. The molecule has 0 aliphatic heterocycles. The van der Waals surface area contributed by atoms with Crippen LogP contribution in [0.15, 0.2) is 53.9 Å². The van der Waals surface area contributed by atoms with E-state index in [1.54, 1.807) is 25.5 Å². The van der Waals surface area contributed by atoms with Crippen molar-refractivity contribution in [1.82, 2.24) is 10.4 Å². The quantitative estimate of drug-likeness (QED) is 0.653. The van der Waals surface area contributed by atoms with Crippen LogP contribution in [0.4, 0.5) is 5.69 Å². The summed E-state index contributed by atoms with van der Waals surface area (Å²) in [6.07, 6.45) is 4.91. The van der Waals surface area contributed by atoms with Gasteiger partial charge in [-0.2, -0.15) is 5.10 Å². The van der Waals surface area contributed by atoms with Crippen molar-refractivity contribution in [3.63, 3.8) is 0 Å². The van der Waals surface area contributed by atoms with Crippen LogP contribution in [0.2, 0.25) is 0 Å². The second-order valence-corrected chi connectivity index (χ2v) is 4.76. The molecule has 2 N–H and O–H groups in total. The summed E-state index contributed by atoms with van der Waals surface area (Å²) < 4.78 is 0. The van der Waals surface area contributed by atoms with Crippen molar-refractivity contribution in [2.75, 3.05) is 5.32 Å². The van der Waals surface area contributed by atoms with Crippen LogP contribution in [0, 0.1) is 6.92 Å². The molecular formula is C16H18N4O. The Hall–Kier alpha value is -2.69. The van der Waals surface area contributed by atoms with Gasteiger partial charge in [0.05, 0.1) is 6.21 Å². The molecule has 1 heterocycles. The number of nitrogens with one attached hydrogen (secondary N) is 2. The highest BCUT2D eigenvalue weighted by atomic mass is 16.2. The zero-order valence-corrected chi connectivity index (χ0v) is 12.1. The van der Waals surface area contributed by atoms with E-state index in [1.807, 2.05) is 43.3 Å². The standard InChI is InChI=1S/C16H18N4O/c1-12-5-3-7-15(9-12)19-13(2)16(21)20-18-11-14-6-4-8-17-10-14/h3-11,13,19H,1-2H3,(H,20,21)/b18-11+. The molecular weight excluding hydrogens is 264 g/mol. The number of rotatable bonds is 5. The molecule has 0 spiro atoms. The molecule has 0 radical (unpaired) electrons. The minimum atomic E-state index is -0.377. The van der Waals surface area contributed by atoms with Crippen LogP contribution in [0.1, 0.15) is 18.1 Å². The van der Waals surface area contributed by atoms with E-state index in [4.69, 9.17) is 0 Å². The van der Waals surface area contributed by atoms with Crippen LogP contribution >= 0.6 is 0 Å². The fourth-order valence-corrected chi connectivity index (χ4v) is 1.77. The van der Waals surface area contributed by atoms with Crippen molar-refractivity contribution in [2.24, 2.45) is 5.10 Å². The van der Waals surface area contributed by atoms with E-state index in [0.29, 0.717) is 0 Å². The van der Waals surface area contributed by atoms with Crippen molar-refractivity contribution >= 4 is 17.8 Å². The van der Waals surface area contributed by atoms with Gasteiger partial charge in [-0.15, -0.1) is 0 Å². The molecule has 1 aromatic heterocycles. The maximum atomic E-state index is 11.9. The largest absolute Gasteiger partial charge is 0.374 e. The first kappa shape index (κ1) is 14.7. The molecule has 108 valence electrons. The Morgan fingerprint density at radius 3 is 2.90 bits per heavy atom. The summed E-state index contributed by atoms with van der Waals surface area (Å²) in [6, 6.07) is 11.2. The minimum absolute atomic E-state index is 0.198. The zero-order valence-electron chi connectivity index (χ0n) is 12.1. The lowest BCUT2D eigenvalue weighted by atomic mass is 10.2. The first-order valence-corrected chi connectivity index (χ1v) is 6.71. The van der Waals surface area contributed by atoms with Gasteiger partial charge in [-0.3, -0.25) is 9.78 Å². The number of hydrogen-bond donors (Lipinski definition) is 2. The van der Waals surface area contributed by atoms with Crippen LogP contribution in [-0.2, 0) is 4.79 Å². The monoisotopic (exact) mass is 282 g/mol. The van der Waals surface area contributed by atoms with E-state index in [2.05, 4.69) is 20.8 Å². The molecule has 0 bridgehead atoms. The Kier molecular flexibility index (Phi) is 5.04. The normalized spacial score (nSPS) is 12.1. The van der Waals surface area contributed by atoms with Gasteiger partial charge in [0.15, 0.2) is 0 Å². The van der Waals surface area contributed by atoms with Gasteiger partial charge in [0.25, 0.3) is 5.91 Å². The summed E-state index contributed by atoms with van der Waals surface area (Å²) in [5, 5.41) is 7.05. The van der Waals surface area contributed by atoms with Crippen molar-refractivity contribution in [2.45, 2.75) is 19.9 Å². The van der Waals surface area contributed by atoms with Crippen molar-refractivity contribution in [1.29, 1.82) is 0 Å². The second kappa shape index (κ2) is 7.19. The van der Waals surface area contributed by atoms with E-state index in [0.717, 1.165) is 16.8 Å². The van der Waals surface area contributed by atoms with E-state index < -0.39 is 0 Å². The molecule has 0 saturated carbocycles. The fraction of sp³-hybridized carbons (Fsp3) is 0.188. The van der Waals surface area contributed by atoms with Crippen molar-refractivity contribution in [3.8, 4) is 0 Å². The number of aryl methyl sites for hydroxylation is 1.